The zero-order chi connectivity index (χ0) is 29.5. The van der Waals surface area contributed by atoms with Crippen LogP contribution in [0.15, 0.2) is 61.1 Å². The molecule has 2 amide bonds. The van der Waals surface area contributed by atoms with E-state index >= 15 is 0 Å². The van der Waals surface area contributed by atoms with Crippen LogP contribution in [0, 0.1) is 0 Å². The van der Waals surface area contributed by atoms with Gasteiger partial charge in [0.15, 0.2) is 0 Å². The number of halogens is 4. The smallest absolute Gasteiger partial charge is 0.334 e. The molecule has 218 valence electrons. The van der Waals surface area contributed by atoms with Gasteiger partial charge in [0, 0.05) is 49.9 Å². The van der Waals surface area contributed by atoms with Crippen LogP contribution < -0.4 is 10.2 Å². The number of fused-ring (bicyclic) bond motifs is 4. The minimum absolute atomic E-state index is 0.168. The molecule has 0 radical (unpaired) electrons. The molecular weight excluding hydrogens is 567 g/mol. The second-order valence-electron chi connectivity index (χ2n) is 10.8. The zero-order valence-electron chi connectivity index (χ0n) is 22.9. The molecule has 0 aliphatic carbocycles. The maximum atomic E-state index is 13.5. The van der Waals surface area contributed by atoms with Gasteiger partial charge in [-0.1, -0.05) is 17.7 Å². The molecule has 0 bridgehead atoms. The first kappa shape index (κ1) is 28.2. The lowest BCUT2D eigenvalue weighted by atomic mass is 9.73. The molecule has 12 heteroatoms. The van der Waals surface area contributed by atoms with Gasteiger partial charge in [0.05, 0.1) is 28.7 Å². The van der Waals surface area contributed by atoms with Gasteiger partial charge in [-0.25, -0.2) is 9.78 Å². The van der Waals surface area contributed by atoms with Crippen LogP contribution in [0.25, 0.3) is 17.0 Å². The lowest BCUT2D eigenvalue weighted by molar-refractivity contribution is -0.137. The molecule has 2 aliphatic heterocycles. The third-order valence-corrected chi connectivity index (χ3v) is 8.46. The molecule has 0 unspecified atom stereocenters. The number of carbonyl (C=O) groups is 1. The second kappa shape index (κ2) is 11.0. The van der Waals surface area contributed by atoms with E-state index < -0.39 is 11.7 Å². The van der Waals surface area contributed by atoms with Gasteiger partial charge in [-0.3, -0.25) is 19.5 Å². The Kier molecular flexibility index (Phi) is 7.40. The Morgan fingerprint density at radius 2 is 1.93 bits per heavy atom. The minimum atomic E-state index is -4.40. The van der Waals surface area contributed by atoms with E-state index in [1.807, 2.05) is 47.1 Å². The number of urea groups is 1. The van der Waals surface area contributed by atoms with Crippen molar-refractivity contribution in [2.45, 2.75) is 31.0 Å². The highest BCUT2D eigenvalue weighted by Gasteiger charge is 2.47. The number of nitrogens with one attached hydrogen (secondary N) is 1. The molecule has 8 nitrogen and oxygen atoms in total. The van der Waals surface area contributed by atoms with Gasteiger partial charge in [0.2, 0.25) is 0 Å². The Morgan fingerprint density at radius 3 is 2.64 bits per heavy atom. The van der Waals surface area contributed by atoms with Gasteiger partial charge in [-0.05, 0) is 79.5 Å². The first-order chi connectivity index (χ1) is 20.1. The Hall–Kier alpha value is -3.96. The highest BCUT2D eigenvalue weighted by molar-refractivity contribution is 6.29. The summed E-state index contributed by atoms with van der Waals surface area (Å²) in [5, 5.41) is 8.98. The predicted molar refractivity (Wildman–Crippen MR) is 155 cm³/mol. The van der Waals surface area contributed by atoms with Crippen LogP contribution in [0.3, 0.4) is 0 Å². The van der Waals surface area contributed by atoms with E-state index in [1.54, 1.807) is 18.3 Å². The van der Waals surface area contributed by atoms with Gasteiger partial charge in [-0.15, -0.1) is 0 Å². The Labute approximate surface area is 245 Å². The maximum absolute atomic E-state index is 13.5. The van der Waals surface area contributed by atoms with Gasteiger partial charge < -0.3 is 5.32 Å². The summed E-state index contributed by atoms with van der Waals surface area (Å²) < 4.78 is 40.3. The number of pyridine rings is 2. The Morgan fingerprint density at radius 1 is 1.12 bits per heavy atom. The van der Waals surface area contributed by atoms with E-state index in [2.05, 4.69) is 25.3 Å². The summed E-state index contributed by atoms with van der Waals surface area (Å²) >= 11 is 6.01. The summed E-state index contributed by atoms with van der Waals surface area (Å²) in [7, 11) is 1.92. The molecule has 3 aromatic heterocycles. The molecule has 42 heavy (non-hydrogen) atoms. The molecule has 1 saturated heterocycles. The van der Waals surface area contributed by atoms with Crippen LogP contribution in [0.1, 0.15) is 35.2 Å². The molecule has 1 N–H and O–H groups in total. The first-order valence-electron chi connectivity index (χ1n) is 13.7. The molecular formula is C30H29ClF3N7O. The fourth-order valence-electron chi connectivity index (χ4n) is 6.04. The number of aryl methyl sites for hydroxylation is 1. The summed E-state index contributed by atoms with van der Waals surface area (Å²) in [5.41, 5.74) is 3.47. The van der Waals surface area contributed by atoms with Crippen molar-refractivity contribution in [3.63, 3.8) is 0 Å². The van der Waals surface area contributed by atoms with Crippen LogP contribution in [-0.2, 0) is 25.2 Å². The number of likely N-dealkylation sites (tertiary alicyclic amines) is 1. The summed E-state index contributed by atoms with van der Waals surface area (Å²) in [4.78, 5) is 25.6. The van der Waals surface area contributed by atoms with Crippen LogP contribution >= 0.6 is 11.6 Å². The van der Waals surface area contributed by atoms with Gasteiger partial charge in [0.1, 0.15) is 5.15 Å². The number of carbonyl (C=O) groups excluding carboxylic acids is 1. The maximum Gasteiger partial charge on any atom is 0.417 e. The third-order valence-electron chi connectivity index (χ3n) is 8.25. The largest absolute Gasteiger partial charge is 0.417 e. The Balaban J connectivity index is 1.17. The van der Waals surface area contributed by atoms with Crippen molar-refractivity contribution in [2.75, 3.05) is 31.1 Å². The standard InChI is InChI=1S/C30H29ClF3N7O/c1-39-24-6-7-25-27(23(24)18-38-39)29(19-41(25)28(42)37-16-20-8-11-35-26(31)15-20)9-13-40(14-10-29)12-2-3-22-5-4-21(17-36-22)30(32,33)34/h2-8,11,15,17-18H,9-10,12-14,16,19H2,1H3,(H,37,42)/b3-2+. The monoisotopic (exact) mass is 595 g/mol. The van der Waals surface area contributed by atoms with Crippen LogP contribution in [0.4, 0.5) is 23.7 Å². The lowest BCUT2D eigenvalue weighted by Crippen LogP contribution is -2.47. The molecule has 1 fully saturated rings. The number of nitrogens with zero attached hydrogens (tertiary/aromatic N) is 6. The summed E-state index contributed by atoms with van der Waals surface area (Å²) in [6, 6.07) is 9.84. The average Bonchev–Trinajstić information content (AvgIpc) is 3.50. The van der Waals surface area contributed by atoms with Gasteiger partial charge >= 0.3 is 12.2 Å². The molecule has 0 atom stereocenters. The normalized spacial score (nSPS) is 16.9. The number of benzene rings is 1. The minimum Gasteiger partial charge on any atom is -0.334 e. The third kappa shape index (κ3) is 5.46. The van der Waals surface area contributed by atoms with E-state index in [0.29, 0.717) is 30.5 Å². The quantitative estimate of drug-likeness (QED) is 0.295. The summed E-state index contributed by atoms with van der Waals surface area (Å²) in [6.45, 7) is 3.18. The fraction of sp³-hybridized carbons (Fsp3) is 0.333. The van der Waals surface area contributed by atoms with E-state index in [9.17, 15) is 18.0 Å². The molecule has 6 rings (SSSR count). The highest BCUT2D eigenvalue weighted by Crippen LogP contribution is 2.50. The van der Waals surface area contributed by atoms with Crippen molar-refractivity contribution in [1.29, 1.82) is 0 Å². The molecule has 1 spiro atoms. The topological polar surface area (TPSA) is 79.2 Å². The predicted octanol–water partition coefficient (Wildman–Crippen LogP) is 5.81. The number of piperidine rings is 1. The van der Waals surface area contributed by atoms with Crippen molar-refractivity contribution < 1.29 is 18.0 Å². The van der Waals surface area contributed by atoms with Crippen LogP contribution in [0.2, 0.25) is 5.15 Å². The molecule has 0 saturated carbocycles. The zero-order valence-corrected chi connectivity index (χ0v) is 23.7. The van der Waals surface area contributed by atoms with Crippen molar-refractivity contribution in [2.24, 2.45) is 7.05 Å². The fourth-order valence-corrected chi connectivity index (χ4v) is 6.23. The van der Waals surface area contributed by atoms with E-state index in [0.717, 1.165) is 60.3 Å². The van der Waals surface area contributed by atoms with Gasteiger partial charge in [-0.2, -0.15) is 18.3 Å². The van der Waals surface area contributed by atoms with E-state index in [1.165, 1.54) is 11.6 Å². The number of amides is 2. The lowest BCUT2D eigenvalue weighted by Gasteiger charge is -2.39. The van der Waals surface area contributed by atoms with Crippen molar-refractivity contribution >= 4 is 40.3 Å². The number of anilines is 1. The number of hydrogen-bond donors (Lipinski definition) is 1. The number of alkyl halides is 3. The Bertz CT molecular complexity index is 1640. The second-order valence-corrected chi connectivity index (χ2v) is 11.2. The van der Waals surface area contributed by atoms with Crippen LogP contribution in [-0.4, -0.2) is 56.9 Å². The number of aromatic nitrogens is 4. The van der Waals surface area contributed by atoms with Crippen molar-refractivity contribution in [3.05, 3.63) is 88.6 Å². The molecule has 5 heterocycles. The van der Waals surface area contributed by atoms with Crippen molar-refractivity contribution in [3.8, 4) is 0 Å². The number of hydrogen-bond acceptors (Lipinski definition) is 5. The molecule has 2 aliphatic rings. The number of rotatable bonds is 5. The first-order valence-corrected chi connectivity index (χ1v) is 14.0. The van der Waals surface area contributed by atoms with E-state index in [4.69, 9.17) is 11.6 Å². The van der Waals surface area contributed by atoms with E-state index in [-0.39, 0.29) is 11.4 Å². The average molecular weight is 596 g/mol. The molecule has 4 aromatic rings. The molecule has 1 aromatic carbocycles. The summed E-state index contributed by atoms with van der Waals surface area (Å²) in [6.07, 6.45) is 5.35. The highest BCUT2D eigenvalue weighted by atomic mass is 35.5. The summed E-state index contributed by atoms with van der Waals surface area (Å²) in [5.74, 6) is 0. The van der Waals surface area contributed by atoms with Gasteiger partial charge in [0.25, 0.3) is 0 Å². The van der Waals surface area contributed by atoms with Crippen LogP contribution in [0.5, 0.6) is 0 Å². The van der Waals surface area contributed by atoms with Crippen molar-refractivity contribution in [1.82, 2.24) is 30.0 Å². The SMILES string of the molecule is Cn1ncc2c3c(ccc21)N(C(=O)NCc1ccnc(Cl)c1)CC31CCN(C/C=C/c2ccc(C(F)(F)F)cn2)CC1.